The Kier molecular flexibility index (Phi) is 4.66. The number of methoxy groups -OCH3 is 1. The van der Waals surface area contributed by atoms with Gasteiger partial charge in [0.05, 0.1) is 12.8 Å². The summed E-state index contributed by atoms with van der Waals surface area (Å²) < 4.78 is 19.3. The summed E-state index contributed by atoms with van der Waals surface area (Å²) in [4.78, 5) is 17.0. The number of hydrogen-bond donors (Lipinski definition) is 1. The number of halogens is 1. The second kappa shape index (κ2) is 7.12. The maximum Gasteiger partial charge on any atom is 0.229 e. The van der Waals surface area contributed by atoms with Crippen molar-refractivity contribution in [3.05, 3.63) is 64.8 Å². The lowest BCUT2D eigenvalue weighted by atomic mass is 10.1. The highest BCUT2D eigenvalue weighted by molar-refractivity contribution is 7.14. The van der Waals surface area contributed by atoms with Gasteiger partial charge in [-0.15, -0.1) is 11.3 Å². The molecule has 3 aromatic rings. The number of hydrogen-bond acceptors (Lipinski definition) is 4. The summed E-state index contributed by atoms with van der Waals surface area (Å²) in [6.45, 7) is 2.01. The monoisotopic (exact) mass is 382 g/mol. The SMILES string of the molecule is COc1ccc(C)cc1-c1csc(NC(=O)C2CC2c2ccccc2F)n1. The zero-order valence-electron chi connectivity index (χ0n) is 15.0. The van der Waals surface area contributed by atoms with E-state index in [-0.39, 0.29) is 23.6 Å². The van der Waals surface area contributed by atoms with Gasteiger partial charge in [0.1, 0.15) is 11.6 Å². The highest BCUT2D eigenvalue weighted by Crippen LogP contribution is 2.48. The van der Waals surface area contributed by atoms with Crippen LogP contribution in [-0.2, 0) is 4.79 Å². The van der Waals surface area contributed by atoms with E-state index in [0.29, 0.717) is 17.1 Å². The minimum atomic E-state index is -0.249. The molecule has 0 saturated heterocycles. The van der Waals surface area contributed by atoms with Crippen molar-refractivity contribution in [3.8, 4) is 17.0 Å². The van der Waals surface area contributed by atoms with Crippen molar-refractivity contribution in [3.63, 3.8) is 0 Å². The minimum absolute atomic E-state index is 0.0532. The van der Waals surface area contributed by atoms with E-state index in [4.69, 9.17) is 4.74 Å². The summed E-state index contributed by atoms with van der Waals surface area (Å²) in [6, 6.07) is 12.5. The first kappa shape index (κ1) is 17.7. The van der Waals surface area contributed by atoms with Crippen molar-refractivity contribution in [2.45, 2.75) is 19.3 Å². The Morgan fingerprint density at radius 2 is 2.11 bits per heavy atom. The highest BCUT2D eigenvalue weighted by Gasteiger charge is 2.45. The number of aromatic nitrogens is 1. The average Bonchev–Trinajstić information content (AvgIpc) is 3.33. The van der Waals surface area contributed by atoms with Crippen molar-refractivity contribution >= 4 is 22.4 Å². The molecule has 2 unspecified atom stereocenters. The van der Waals surface area contributed by atoms with Crippen LogP contribution in [0.3, 0.4) is 0 Å². The average molecular weight is 382 g/mol. The molecule has 1 aliphatic rings. The van der Waals surface area contributed by atoms with Crippen LogP contribution < -0.4 is 10.1 Å². The van der Waals surface area contributed by atoms with Gasteiger partial charge in [0.2, 0.25) is 5.91 Å². The number of anilines is 1. The molecule has 27 heavy (non-hydrogen) atoms. The Morgan fingerprint density at radius 1 is 1.30 bits per heavy atom. The number of amides is 1. The largest absolute Gasteiger partial charge is 0.496 e. The fourth-order valence-corrected chi connectivity index (χ4v) is 3.99. The Hall–Kier alpha value is -2.73. The highest BCUT2D eigenvalue weighted by atomic mass is 32.1. The lowest BCUT2D eigenvalue weighted by Gasteiger charge is -2.07. The van der Waals surface area contributed by atoms with E-state index < -0.39 is 0 Å². The first-order valence-electron chi connectivity index (χ1n) is 8.72. The topological polar surface area (TPSA) is 51.2 Å². The van der Waals surface area contributed by atoms with Crippen molar-refractivity contribution < 1.29 is 13.9 Å². The van der Waals surface area contributed by atoms with Crippen molar-refractivity contribution in [1.82, 2.24) is 4.98 Å². The summed E-state index contributed by atoms with van der Waals surface area (Å²) in [5.74, 6) is 0.122. The predicted octanol–water partition coefficient (Wildman–Crippen LogP) is 5.01. The fourth-order valence-electron chi connectivity index (χ4n) is 3.28. The predicted molar refractivity (Wildman–Crippen MR) is 105 cm³/mol. The van der Waals surface area contributed by atoms with Gasteiger partial charge in [-0.2, -0.15) is 0 Å². The zero-order chi connectivity index (χ0) is 19.0. The number of thiazole rings is 1. The minimum Gasteiger partial charge on any atom is -0.496 e. The van der Waals surface area contributed by atoms with Crippen LogP contribution in [0.2, 0.25) is 0 Å². The van der Waals surface area contributed by atoms with Gasteiger partial charge in [0.25, 0.3) is 0 Å². The Morgan fingerprint density at radius 3 is 2.89 bits per heavy atom. The molecule has 1 aliphatic carbocycles. The molecule has 1 amide bonds. The number of ether oxygens (including phenoxy) is 1. The van der Waals surface area contributed by atoms with Gasteiger partial charge in [0, 0.05) is 16.9 Å². The second-order valence-corrected chi connectivity index (χ2v) is 7.56. The molecule has 1 saturated carbocycles. The van der Waals surface area contributed by atoms with Crippen LogP contribution in [0.4, 0.5) is 9.52 Å². The molecule has 0 spiro atoms. The molecule has 2 aromatic carbocycles. The molecule has 1 N–H and O–H groups in total. The molecule has 0 aliphatic heterocycles. The third-order valence-electron chi connectivity index (χ3n) is 4.80. The van der Waals surface area contributed by atoms with Crippen LogP contribution in [0, 0.1) is 18.7 Å². The van der Waals surface area contributed by atoms with E-state index in [1.807, 2.05) is 30.5 Å². The number of carbonyl (C=O) groups is 1. The normalized spacial score (nSPS) is 18.2. The number of aryl methyl sites for hydroxylation is 1. The smallest absolute Gasteiger partial charge is 0.229 e. The fraction of sp³-hybridized carbons (Fsp3) is 0.238. The molecule has 0 radical (unpaired) electrons. The number of benzene rings is 2. The van der Waals surface area contributed by atoms with E-state index >= 15 is 0 Å². The number of rotatable bonds is 5. The van der Waals surface area contributed by atoms with Gasteiger partial charge in [-0.05, 0) is 43.0 Å². The van der Waals surface area contributed by atoms with Crippen molar-refractivity contribution in [2.24, 2.45) is 5.92 Å². The van der Waals surface area contributed by atoms with Crippen LogP contribution in [0.5, 0.6) is 5.75 Å². The summed E-state index contributed by atoms with van der Waals surface area (Å²) in [5, 5.41) is 5.31. The van der Waals surface area contributed by atoms with E-state index in [2.05, 4.69) is 10.3 Å². The van der Waals surface area contributed by atoms with Gasteiger partial charge in [-0.25, -0.2) is 9.37 Å². The Labute approximate surface area is 161 Å². The van der Waals surface area contributed by atoms with Crippen molar-refractivity contribution in [2.75, 3.05) is 12.4 Å². The molecule has 0 bridgehead atoms. The number of nitrogens with zero attached hydrogens (tertiary/aromatic N) is 1. The molecule has 6 heteroatoms. The molecule has 1 fully saturated rings. The molecule has 138 valence electrons. The van der Waals surface area contributed by atoms with Crippen LogP contribution in [-0.4, -0.2) is 18.0 Å². The molecule has 1 aromatic heterocycles. The lowest BCUT2D eigenvalue weighted by molar-refractivity contribution is -0.117. The molecular formula is C21H19FN2O2S. The Balaban J connectivity index is 1.47. The maximum atomic E-state index is 13.9. The van der Waals surface area contributed by atoms with E-state index in [9.17, 15) is 9.18 Å². The lowest BCUT2D eigenvalue weighted by Crippen LogP contribution is -2.14. The molecule has 4 nitrogen and oxygen atoms in total. The first-order valence-corrected chi connectivity index (χ1v) is 9.60. The maximum absolute atomic E-state index is 13.9. The quantitative estimate of drug-likeness (QED) is 0.675. The zero-order valence-corrected chi connectivity index (χ0v) is 15.8. The number of nitrogens with one attached hydrogen (secondary N) is 1. The van der Waals surface area contributed by atoms with Gasteiger partial charge < -0.3 is 10.1 Å². The second-order valence-electron chi connectivity index (χ2n) is 6.70. The summed E-state index contributed by atoms with van der Waals surface area (Å²) in [7, 11) is 1.62. The van der Waals surface area contributed by atoms with E-state index in [1.165, 1.54) is 17.4 Å². The van der Waals surface area contributed by atoms with Crippen LogP contribution >= 0.6 is 11.3 Å². The van der Waals surface area contributed by atoms with Gasteiger partial charge in [-0.1, -0.05) is 29.8 Å². The van der Waals surface area contributed by atoms with Crippen LogP contribution in [0.15, 0.2) is 47.8 Å². The van der Waals surface area contributed by atoms with Gasteiger partial charge in [0.15, 0.2) is 5.13 Å². The molecular weight excluding hydrogens is 363 g/mol. The summed E-state index contributed by atoms with van der Waals surface area (Å²) in [6.07, 6.45) is 0.663. The summed E-state index contributed by atoms with van der Waals surface area (Å²) >= 11 is 1.37. The van der Waals surface area contributed by atoms with Crippen LogP contribution in [0.25, 0.3) is 11.3 Å². The number of carbonyl (C=O) groups excluding carboxylic acids is 1. The summed E-state index contributed by atoms with van der Waals surface area (Å²) in [5.41, 5.74) is 3.37. The van der Waals surface area contributed by atoms with Gasteiger partial charge >= 0.3 is 0 Å². The first-order chi connectivity index (χ1) is 13.1. The standard InChI is InChI=1S/C21H19FN2O2S/c1-12-7-8-19(26-2)16(9-12)18-11-27-21(23-18)24-20(25)15-10-14(15)13-5-3-4-6-17(13)22/h3-9,11,14-15H,10H2,1-2H3,(H,23,24,25). The van der Waals surface area contributed by atoms with E-state index in [0.717, 1.165) is 22.6 Å². The Bertz CT molecular complexity index is 1000. The molecule has 1 heterocycles. The third-order valence-corrected chi connectivity index (χ3v) is 5.55. The molecule has 2 atom stereocenters. The molecule has 4 rings (SSSR count). The van der Waals surface area contributed by atoms with E-state index in [1.54, 1.807) is 25.3 Å². The third kappa shape index (κ3) is 3.57. The van der Waals surface area contributed by atoms with Crippen LogP contribution in [0.1, 0.15) is 23.5 Å². The van der Waals surface area contributed by atoms with Crippen molar-refractivity contribution in [1.29, 1.82) is 0 Å². The van der Waals surface area contributed by atoms with Gasteiger partial charge in [-0.3, -0.25) is 4.79 Å².